The van der Waals surface area contributed by atoms with Crippen LogP contribution < -0.4 is 15.5 Å². The predicted molar refractivity (Wildman–Crippen MR) is 107 cm³/mol. The van der Waals surface area contributed by atoms with E-state index in [1.165, 1.54) is 5.69 Å². The Morgan fingerprint density at radius 3 is 3.00 bits per heavy atom. The molecule has 1 saturated heterocycles. The molecular weight excluding hydrogens is 396 g/mol. The second kappa shape index (κ2) is 9.02. The van der Waals surface area contributed by atoms with Crippen LogP contribution in [-0.2, 0) is 6.42 Å². The Labute approximate surface area is 162 Å². The van der Waals surface area contributed by atoms with E-state index in [0.717, 1.165) is 36.5 Å². The molecule has 1 aliphatic rings. The topological polar surface area (TPSA) is 78.6 Å². The number of aliphatic imine (C=N–C) groups is 1. The van der Waals surface area contributed by atoms with E-state index in [0.29, 0.717) is 30.7 Å². The molecule has 0 amide bonds. The Kier molecular flexibility index (Phi) is 6.49. The monoisotopic (exact) mass is 420 g/mol. The fourth-order valence-corrected chi connectivity index (χ4v) is 3.56. The largest absolute Gasteiger partial charge is 0.368 e. The zero-order valence-electron chi connectivity index (χ0n) is 15.2. The van der Waals surface area contributed by atoms with Gasteiger partial charge >= 0.3 is 0 Å². The van der Waals surface area contributed by atoms with E-state index < -0.39 is 0 Å². The fourth-order valence-electron chi connectivity index (χ4n) is 3.02. The molecule has 2 aromatic rings. The number of guanidine groups is 1. The normalized spacial score (nSPS) is 17.6. The second-order valence-electron chi connectivity index (χ2n) is 6.27. The van der Waals surface area contributed by atoms with E-state index in [-0.39, 0.29) is 0 Å². The van der Waals surface area contributed by atoms with Gasteiger partial charge in [0.25, 0.3) is 0 Å². The Bertz CT molecular complexity index is 747. The zero-order chi connectivity index (χ0) is 18.4. The highest BCUT2D eigenvalue weighted by atomic mass is 79.9. The molecular formula is C18H25BrN6O. The average molecular weight is 421 g/mol. The van der Waals surface area contributed by atoms with Crippen molar-refractivity contribution >= 4 is 27.6 Å². The van der Waals surface area contributed by atoms with E-state index in [9.17, 15) is 0 Å². The van der Waals surface area contributed by atoms with Crippen molar-refractivity contribution in [2.75, 3.05) is 31.1 Å². The summed E-state index contributed by atoms with van der Waals surface area (Å²) in [5, 5.41) is 10.7. The lowest BCUT2D eigenvalue weighted by molar-refractivity contribution is 0.376. The molecule has 1 aliphatic heterocycles. The number of nitrogens with one attached hydrogen (secondary N) is 2. The summed E-state index contributed by atoms with van der Waals surface area (Å²) >= 11 is 3.64. The van der Waals surface area contributed by atoms with Crippen molar-refractivity contribution < 1.29 is 4.52 Å². The first kappa shape index (κ1) is 18.7. The van der Waals surface area contributed by atoms with Crippen molar-refractivity contribution in [1.82, 2.24) is 20.8 Å². The Balaban J connectivity index is 1.54. The van der Waals surface area contributed by atoms with Gasteiger partial charge in [0, 0.05) is 36.6 Å². The van der Waals surface area contributed by atoms with E-state index >= 15 is 0 Å². The molecule has 0 saturated carbocycles. The minimum atomic E-state index is 0.366. The van der Waals surface area contributed by atoms with Crippen LogP contribution in [0.15, 0.2) is 38.3 Å². The molecule has 3 rings (SSSR count). The standard InChI is InChI=1S/C18H25BrN6O/c1-3-20-18(21-10-8-17-22-13(2)24-26-17)23-14-9-11-25(12-14)16-7-5-4-6-15(16)19/h4-7,14H,3,8-12H2,1-2H3,(H2,20,21,23). The Morgan fingerprint density at radius 1 is 1.42 bits per heavy atom. The molecule has 7 nitrogen and oxygen atoms in total. The Hall–Kier alpha value is -2.09. The number of nitrogens with zero attached hydrogens (tertiary/aromatic N) is 4. The van der Waals surface area contributed by atoms with Gasteiger partial charge in [-0.15, -0.1) is 0 Å². The highest BCUT2D eigenvalue weighted by molar-refractivity contribution is 9.10. The van der Waals surface area contributed by atoms with Crippen LogP contribution in [0.4, 0.5) is 5.69 Å². The third-order valence-electron chi connectivity index (χ3n) is 4.23. The van der Waals surface area contributed by atoms with Crippen molar-refractivity contribution in [3.8, 4) is 0 Å². The van der Waals surface area contributed by atoms with Crippen LogP contribution in [0.5, 0.6) is 0 Å². The average Bonchev–Trinajstić information content (AvgIpc) is 3.25. The minimum Gasteiger partial charge on any atom is -0.368 e. The van der Waals surface area contributed by atoms with Crippen molar-refractivity contribution in [2.24, 2.45) is 4.99 Å². The summed E-state index contributed by atoms with van der Waals surface area (Å²) in [6.45, 7) is 7.31. The molecule has 1 aromatic carbocycles. The van der Waals surface area contributed by atoms with Crippen molar-refractivity contribution in [1.29, 1.82) is 0 Å². The van der Waals surface area contributed by atoms with Gasteiger partial charge in [-0.3, -0.25) is 4.99 Å². The number of anilines is 1. The molecule has 0 radical (unpaired) electrons. The SMILES string of the molecule is CCNC(=NCCc1nc(C)no1)NC1CCN(c2ccccc2Br)C1. The molecule has 1 fully saturated rings. The van der Waals surface area contributed by atoms with Gasteiger partial charge in [-0.25, -0.2) is 0 Å². The molecule has 2 heterocycles. The van der Waals surface area contributed by atoms with Gasteiger partial charge in [0.05, 0.1) is 12.2 Å². The molecule has 2 N–H and O–H groups in total. The van der Waals surface area contributed by atoms with Crippen molar-refractivity contribution in [3.63, 3.8) is 0 Å². The van der Waals surface area contributed by atoms with Crippen LogP contribution in [0.25, 0.3) is 0 Å². The molecule has 0 aliphatic carbocycles. The number of aryl methyl sites for hydroxylation is 1. The second-order valence-corrected chi connectivity index (χ2v) is 7.13. The third kappa shape index (κ3) is 4.97. The molecule has 1 atom stereocenters. The summed E-state index contributed by atoms with van der Waals surface area (Å²) in [7, 11) is 0. The maximum atomic E-state index is 5.13. The quantitative estimate of drug-likeness (QED) is 0.552. The molecule has 1 unspecified atom stereocenters. The first-order valence-electron chi connectivity index (χ1n) is 8.99. The molecule has 1 aromatic heterocycles. The molecule has 140 valence electrons. The number of benzene rings is 1. The van der Waals surface area contributed by atoms with E-state index in [2.05, 4.69) is 71.7 Å². The summed E-state index contributed by atoms with van der Waals surface area (Å²) < 4.78 is 6.27. The van der Waals surface area contributed by atoms with Crippen LogP contribution in [0, 0.1) is 6.92 Å². The molecule has 8 heteroatoms. The van der Waals surface area contributed by atoms with Crippen LogP contribution >= 0.6 is 15.9 Å². The van der Waals surface area contributed by atoms with Crippen molar-refractivity contribution in [2.45, 2.75) is 32.7 Å². The lowest BCUT2D eigenvalue weighted by atomic mass is 10.3. The maximum absolute atomic E-state index is 5.13. The van der Waals surface area contributed by atoms with Gasteiger partial charge in [-0.1, -0.05) is 17.3 Å². The number of hydrogen-bond acceptors (Lipinski definition) is 5. The number of halogens is 1. The van der Waals surface area contributed by atoms with Gasteiger partial charge in [-0.2, -0.15) is 4.98 Å². The van der Waals surface area contributed by atoms with Crippen molar-refractivity contribution in [3.05, 3.63) is 40.5 Å². The van der Waals surface area contributed by atoms with Crippen LogP contribution in [0.2, 0.25) is 0 Å². The smallest absolute Gasteiger partial charge is 0.228 e. The van der Waals surface area contributed by atoms with Crippen LogP contribution in [0.1, 0.15) is 25.1 Å². The summed E-state index contributed by atoms with van der Waals surface area (Å²) in [5.74, 6) is 2.12. The first-order valence-corrected chi connectivity index (χ1v) is 9.78. The van der Waals surface area contributed by atoms with E-state index in [4.69, 9.17) is 4.52 Å². The number of hydrogen-bond donors (Lipinski definition) is 2. The highest BCUT2D eigenvalue weighted by Gasteiger charge is 2.24. The van der Waals surface area contributed by atoms with Gasteiger partial charge in [0.1, 0.15) is 0 Å². The fraction of sp³-hybridized carbons (Fsp3) is 0.500. The number of aromatic nitrogens is 2. The lowest BCUT2D eigenvalue weighted by Gasteiger charge is -2.21. The summed E-state index contributed by atoms with van der Waals surface area (Å²) in [4.78, 5) is 11.2. The molecule has 26 heavy (non-hydrogen) atoms. The highest BCUT2D eigenvalue weighted by Crippen LogP contribution is 2.28. The maximum Gasteiger partial charge on any atom is 0.228 e. The third-order valence-corrected chi connectivity index (χ3v) is 4.90. The number of para-hydroxylation sites is 1. The summed E-state index contributed by atoms with van der Waals surface area (Å²) in [6, 6.07) is 8.72. The van der Waals surface area contributed by atoms with Crippen LogP contribution in [-0.4, -0.2) is 48.3 Å². The van der Waals surface area contributed by atoms with Crippen LogP contribution in [0.3, 0.4) is 0 Å². The molecule has 0 spiro atoms. The molecule has 0 bridgehead atoms. The predicted octanol–water partition coefficient (Wildman–Crippen LogP) is 2.52. The Morgan fingerprint density at radius 2 is 2.27 bits per heavy atom. The number of rotatable bonds is 6. The summed E-state index contributed by atoms with van der Waals surface area (Å²) in [5.41, 5.74) is 1.24. The van der Waals surface area contributed by atoms with E-state index in [1.54, 1.807) is 0 Å². The lowest BCUT2D eigenvalue weighted by Crippen LogP contribution is -2.44. The van der Waals surface area contributed by atoms with Gasteiger partial charge in [0.15, 0.2) is 11.8 Å². The minimum absolute atomic E-state index is 0.366. The van der Waals surface area contributed by atoms with E-state index in [1.807, 2.05) is 13.0 Å². The summed E-state index contributed by atoms with van der Waals surface area (Å²) in [6.07, 6.45) is 1.72. The first-order chi connectivity index (χ1) is 12.7. The zero-order valence-corrected chi connectivity index (χ0v) is 16.8. The van der Waals surface area contributed by atoms with Gasteiger partial charge < -0.3 is 20.1 Å². The van der Waals surface area contributed by atoms with Gasteiger partial charge in [0.2, 0.25) is 5.89 Å². The van der Waals surface area contributed by atoms with Gasteiger partial charge in [-0.05, 0) is 48.3 Å².